The van der Waals surface area contributed by atoms with Crippen molar-refractivity contribution in [3.63, 3.8) is 0 Å². The second kappa shape index (κ2) is 8.63. The summed E-state index contributed by atoms with van der Waals surface area (Å²) in [4.78, 5) is 0. The molecular weight excluding hydrogens is 401 g/mol. The molecule has 0 aliphatic rings. The maximum absolute atomic E-state index is 14.3. The van der Waals surface area contributed by atoms with E-state index in [0.29, 0.717) is 33.0 Å². The predicted octanol–water partition coefficient (Wildman–Crippen LogP) is 6.87. The molecule has 0 amide bonds. The molecule has 0 aliphatic heterocycles. The number of hydrogen-bond donors (Lipinski definition) is 0. The van der Waals surface area contributed by atoms with Crippen LogP contribution in [0.4, 0.5) is 8.78 Å². The van der Waals surface area contributed by atoms with Crippen LogP contribution >= 0.6 is 18.7 Å². The number of halogens is 3. The first-order valence-electron chi connectivity index (χ1n) is 8.75. The minimum absolute atomic E-state index is 0.214. The smallest absolute Gasteiger partial charge is 0.134 e. The zero-order valence-corrected chi connectivity index (χ0v) is 18.3. The zero-order valence-electron chi connectivity index (χ0n) is 16.6. The Morgan fingerprint density at radius 2 is 1.86 bits per heavy atom. The van der Waals surface area contributed by atoms with E-state index in [1.54, 1.807) is 32.9 Å². The van der Waals surface area contributed by atoms with Crippen LogP contribution in [0.3, 0.4) is 0 Å². The van der Waals surface area contributed by atoms with Gasteiger partial charge in [-0.25, -0.2) is 8.78 Å². The molecule has 28 heavy (non-hydrogen) atoms. The molecule has 0 aromatic heterocycles. The number of ether oxygens (including phenoxy) is 1. The van der Waals surface area contributed by atoms with Crippen molar-refractivity contribution in [2.24, 2.45) is 0 Å². The van der Waals surface area contributed by atoms with Gasteiger partial charge in [-0.3, -0.25) is 0 Å². The molecule has 0 radical (unpaired) electrons. The Kier molecular flexibility index (Phi) is 6.90. The maximum atomic E-state index is 14.3. The van der Waals surface area contributed by atoms with Crippen LogP contribution in [0.25, 0.3) is 5.57 Å². The van der Waals surface area contributed by atoms with Crippen LogP contribution in [0.2, 0.25) is 5.02 Å². The van der Waals surface area contributed by atoms with Gasteiger partial charge in [-0.2, -0.15) is 0 Å². The normalized spacial score (nSPS) is 13.4. The SMILES string of the molecule is C=C(C=C(C)OC(C)c1c(Cl)ccc(F)c1C)c1ccc(P(C)(C)=O)c(F)c1. The summed E-state index contributed by atoms with van der Waals surface area (Å²) in [6, 6.07) is 7.35. The van der Waals surface area contributed by atoms with E-state index in [9.17, 15) is 13.3 Å². The Bertz CT molecular complexity index is 992. The fraction of sp³-hybridized carbons (Fsp3) is 0.273. The van der Waals surface area contributed by atoms with Gasteiger partial charge < -0.3 is 9.30 Å². The van der Waals surface area contributed by atoms with Gasteiger partial charge in [-0.1, -0.05) is 24.2 Å². The molecule has 0 bridgehead atoms. The van der Waals surface area contributed by atoms with Gasteiger partial charge in [0, 0.05) is 15.9 Å². The Labute approximate surface area is 170 Å². The van der Waals surface area contributed by atoms with E-state index in [1.807, 2.05) is 0 Å². The fourth-order valence-electron chi connectivity index (χ4n) is 3.01. The lowest BCUT2D eigenvalue weighted by Crippen LogP contribution is -2.08. The van der Waals surface area contributed by atoms with Gasteiger partial charge in [0.15, 0.2) is 0 Å². The molecule has 2 rings (SSSR count). The van der Waals surface area contributed by atoms with Crippen LogP contribution < -0.4 is 5.30 Å². The van der Waals surface area contributed by atoms with Crippen molar-refractivity contribution >= 4 is 29.6 Å². The van der Waals surface area contributed by atoms with Crippen LogP contribution in [0.5, 0.6) is 0 Å². The van der Waals surface area contributed by atoms with Crippen molar-refractivity contribution in [1.82, 2.24) is 0 Å². The molecule has 2 aromatic carbocycles. The Balaban J connectivity index is 2.22. The van der Waals surface area contributed by atoms with Crippen LogP contribution in [0.1, 0.15) is 36.6 Å². The van der Waals surface area contributed by atoms with Crippen LogP contribution in [-0.4, -0.2) is 13.3 Å². The molecule has 150 valence electrons. The molecule has 0 N–H and O–H groups in total. The highest BCUT2D eigenvalue weighted by molar-refractivity contribution is 7.70. The van der Waals surface area contributed by atoms with Crippen LogP contribution in [-0.2, 0) is 9.30 Å². The van der Waals surface area contributed by atoms with E-state index >= 15 is 0 Å². The molecule has 1 atom stereocenters. The van der Waals surface area contributed by atoms with Crippen molar-refractivity contribution in [2.75, 3.05) is 13.3 Å². The third-order valence-corrected chi connectivity index (χ3v) is 6.29. The second-order valence-corrected chi connectivity index (χ2v) is 10.7. The Hall–Kier alpha value is -1.90. The number of allylic oxidation sites excluding steroid dienone is 3. The molecule has 0 spiro atoms. The Morgan fingerprint density at radius 3 is 2.43 bits per heavy atom. The molecule has 2 nitrogen and oxygen atoms in total. The highest BCUT2D eigenvalue weighted by Gasteiger charge is 2.18. The van der Waals surface area contributed by atoms with E-state index < -0.39 is 19.1 Å². The molecular formula is C22H24ClF2O2P. The van der Waals surface area contributed by atoms with Crippen molar-refractivity contribution in [1.29, 1.82) is 0 Å². The monoisotopic (exact) mass is 424 g/mol. The first-order valence-corrected chi connectivity index (χ1v) is 11.7. The van der Waals surface area contributed by atoms with Crippen LogP contribution in [0, 0.1) is 18.6 Å². The van der Waals surface area contributed by atoms with Gasteiger partial charge in [-0.05, 0) is 81.1 Å². The first-order chi connectivity index (χ1) is 12.9. The maximum Gasteiger partial charge on any atom is 0.134 e. The highest BCUT2D eigenvalue weighted by atomic mass is 35.5. The largest absolute Gasteiger partial charge is 0.491 e. The third-order valence-electron chi connectivity index (χ3n) is 4.44. The third kappa shape index (κ3) is 5.12. The lowest BCUT2D eigenvalue weighted by atomic mass is 10.0. The van der Waals surface area contributed by atoms with E-state index in [1.165, 1.54) is 37.6 Å². The van der Waals surface area contributed by atoms with E-state index in [-0.39, 0.29) is 11.1 Å². The molecule has 1 unspecified atom stereocenters. The molecule has 0 aliphatic carbocycles. The topological polar surface area (TPSA) is 26.3 Å². The van der Waals surface area contributed by atoms with Crippen molar-refractivity contribution in [3.05, 3.63) is 82.1 Å². The molecule has 0 fully saturated rings. The summed E-state index contributed by atoms with van der Waals surface area (Å²) in [5.74, 6) is -0.339. The van der Waals surface area contributed by atoms with Gasteiger partial charge in [0.25, 0.3) is 0 Å². The molecule has 6 heteroatoms. The van der Waals surface area contributed by atoms with E-state index in [0.717, 1.165) is 0 Å². The van der Waals surface area contributed by atoms with E-state index in [2.05, 4.69) is 6.58 Å². The fourth-order valence-corrected chi connectivity index (χ4v) is 4.38. The van der Waals surface area contributed by atoms with Crippen molar-refractivity contribution in [2.45, 2.75) is 26.9 Å². The molecule has 0 heterocycles. The highest BCUT2D eigenvalue weighted by Crippen LogP contribution is 2.36. The molecule has 0 saturated carbocycles. The average Bonchev–Trinajstić information content (AvgIpc) is 2.57. The van der Waals surface area contributed by atoms with Gasteiger partial charge in [0.2, 0.25) is 0 Å². The zero-order chi connectivity index (χ0) is 21.2. The first kappa shape index (κ1) is 22.4. The number of hydrogen-bond acceptors (Lipinski definition) is 2. The van der Waals surface area contributed by atoms with Gasteiger partial charge in [-0.15, -0.1) is 0 Å². The minimum atomic E-state index is -2.69. The summed E-state index contributed by atoms with van der Waals surface area (Å²) < 4.78 is 46.1. The van der Waals surface area contributed by atoms with Gasteiger partial charge >= 0.3 is 0 Å². The summed E-state index contributed by atoms with van der Waals surface area (Å²) in [6.45, 7) is 12.2. The quantitative estimate of drug-likeness (QED) is 0.287. The average molecular weight is 425 g/mol. The molecule has 2 aromatic rings. The lowest BCUT2D eigenvalue weighted by Gasteiger charge is -2.19. The predicted molar refractivity (Wildman–Crippen MR) is 114 cm³/mol. The minimum Gasteiger partial charge on any atom is -0.491 e. The number of benzene rings is 2. The summed E-state index contributed by atoms with van der Waals surface area (Å²) in [5, 5.41) is 0.644. The van der Waals surface area contributed by atoms with Gasteiger partial charge in [0.05, 0.1) is 5.76 Å². The van der Waals surface area contributed by atoms with Crippen LogP contribution in [0.15, 0.2) is 48.7 Å². The summed E-state index contributed by atoms with van der Waals surface area (Å²) in [5.41, 5.74) is 2.12. The summed E-state index contributed by atoms with van der Waals surface area (Å²) in [6.07, 6.45) is 1.20. The second-order valence-electron chi connectivity index (χ2n) is 7.13. The van der Waals surface area contributed by atoms with E-state index in [4.69, 9.17) is 16.3 Å². The summed E-state index contributed by atoms with van der Waals surface area (Å²) >= 11 is 6.20. The van der Waals surface area contributed by atoms with Gasteiger partial charge in [0.1, 0.15) is 24.9 Å². The molecule has 0 saturated heterocycles. The summed E-state index contributed by atoms with van der Waals surface area (Å²) in [7, 11) is -2.69. The standard InChI is InChI=1S/C22H24ClF2O2P/c1-13(17-7-10-21(20(25)12-17)28(5,6)26)11-14(2)27-16(4)22-15(3)19(24)9-8-18(22)23/h7-12,16H,1H2,2-6H3. The van der Waals surface area contributed by atoms with Crippen molar-refractivity contribution < 1.29 is 18.1 Å². The number of rotatable bonds is 6. The Morgan fingerprint density at radius 1 is 1.21 bits per heavy atom. The van der Waals surface area contributed by atoms with Crippen molar-refractivity contribution in [3.8, 4) is 0 Å². The lowest BCUT2D eigenvalue weighted by molar-refractivity contribution is 0.134.